The third-order valence-electron chi connectivity index (χ3n) is 4.58. The zero-order chi connectivity index (χ0) is 13.7. The molecule has 0 radical (unpaired) electrons. The van der Waals surface area contributed by atoms with E-state index in [2.05, 4.69) is 42.4 Å². The molecule has 1 aliphatic heterocycles. The fraction of sp³-hybridized carbons (Fsp3) is 0.647. The molecule has 2 nitrogen and oxygen atoms in total. The van der Waals surface area contributed by atoms with Crippen LogP contribution < -0.4 is 10.6 Å². The van der Waals surface area contributed by atoms with Gasteiger partial charge in [0, 0.05) is 12.5 Å². The Labute approximate surface area is 118 Å². The minimum absolute atomic E-state index is 0.528. The first kappa shape index (κ1) is 14.5. The van der Waals surface area contributed by atoms with Crippen LogP contribution in [0.15, 0.2) is 36.0 Å². The third-order valence-corrected chi connectivity index (χ3v) is 4.58. The maximum Gasteiger partial charge on any atom is 0.0135 e. The van der Waals surface area contributed by atoms with Gasteiger partial charge in [0.1, 0.15) is 0 Å². The van der Waals surface area contributed by atoms with E-state index in [0.29, 0.717) is 5.92 Å². The van der Waals surface area contributed by atoms with E-state index >= 15 is 0 Å². The van der Waals surface area contributed by atoms with E-state index in [1.807, 2.05) is 7.05 Å². The topological polar surface area (TPSA) is 24.1 Å². The molecule has 106 valence electrons. The number of hydrogen-bond acceptors (Lipinski definition) is 2. The van der Waals surface area contributed by atoms with E-state index in [1.165, 1.54) is 31.4 Å². The van der Waals surface area contributed by atoms with E-state index < -0.39 is 0 Å². The van der Waals surface area contributed by atoms with Crippen molar-refractivity contribution in [2.75, 3.05) is 26.7 Å². The van der Waals surface area contributed by atoms with Gasteiger partial charge in [0.25, 0.3) is 0 Å². The monoisotopic (exact) mass is 260 g/mol. The molecule has 1 saturated carbocycles. The van der Waals surface area contributed by atoms with E-state index in [0.717, 1.165) is 24.9 Å². The third kappa shape index (κ3) is 3.37. The molecule has 2 aliphatic rings. The van der Waals surface area contributed by atoms with Crippen molar-refractivity contribution < 1.29 is 0 Å². The van der Waals surface area contributed by atoms with Gasteiger partial charge in [-0.1, -0.05) is 36.0 Å². The van der Waals surface area contributed by atoms with Crippen molar-refractivity contribution in [2.24, 2.45) is 17.8 Å². The molecule has 3 unspecified atom stereocenters. The molecule has 0 amide bonds. The molecule has 1 heterocycles. The van der Waals surface area contributed by atoms with E-state index in [4.69, 9.17) is 0 Å². The Hall–Kier alpha value is -0.860. The molecule has 2 rings (SSSR count). The molecule has 0 bridgehead atoms. The van der Waals surface area contributed by atoms with Crippen LogP contribution in [0.4, 0.5) is 0 Å². The van der Waals surface area contributed by atoms with Gasteiger partial charge in [0.2, 0.25) is 0 Å². The van der Waals surface area contributed by atoms with Crippen LogP contribution in [0.2, 0.25) is 0 Å². The van der Waals surface area contributed by atoms with Crippen LogP contribution in [-0.2, 0) is 0 Å². The SMILES string of the molecule is C=C1CC2CNCCCC2/C(=C/C=C\C)C1CNC. The smallest absolute Gasteiger partial charge is 0.0135 e. The molecule has 2 N–H and O–H groups in total. The van der Waals surface area contributed by atoms with Crippen LogP contribution in [0.25, 0.3) is 0 Å². The first-order chi connectivity index (χ1) is 9.27. The van der Waals surface area contributed by atoms with E-state index in [9.17, 15) is 0 Å². The van der Waals surface area contributed by atoms with Gasteiger partial charge in [-0.3, -0.25) is 0 Å². The lowest BCUT2D eigenvalue weighted by Gasteiger charge is -2.39. The van der Waals surface area contributed by atoms with Gasteiger partial charge in [0.05, 0.1) is 0 Å². The second-order valence-corrected chi connectivity index (χ2v) is 5.88. The molecule has 0 aromatic heterocycles. The van der Waals surface area contributed by atoms with Crippen molar-refractivity contribution in [2.45, 2.75) is 26.2 Å². The fourth-order valence-corrected chi connectivity index (χ4v) is 3.65. The summed E-state index contributed by atoms with van der Waals surface area (Å²) in [7, 11) is 2.04. The fourth-order valence-electron chi connectivity index (χ4n) is 3.65. The Morgan fingerprint density at radius 1 is 1.47 bits per heavy atom. The van der Waals surface area contributed by atoms with Gasteiger partial charge in [-0.25, -0.2) is 0 Å². The normalized spacial score (nSPS) is 34.5. The summed E-state index contributed by atoms with van der Waals surface area (Å²) >= 11 is 0. The second-order valence-electron chi connectivity index (χ2n) is 5.88. The van der Waals surface area contributed by atoms with Crippen molar-refractivity contribution in [3.05, 3.63) is 36.0 Å². The largest absolute Gasteiger partial charge is 0.319 e. The maximum absolute atomic E-state index is 4.36. The highest BCUT2D eigenvalue weighted by atomic mass is 14.9. The molecule has 1 saturated heterocycles. The average molecular weight is 260 g/mol. The molecular formula is C17H28N2. The highest BCUT2D eigenvalue weighted by Gasteiger charge is 2.36. The van der Waals surface area contributed by atoms with Crippen molar-refractivity contribution >= 4 is 0 Å². The van der Waals surface area contributed by atoms with E-state index in [-0.39, 0.29) is 0 Å². The zero-order valence-corrected chi connectivity index (χ0v) is 12.4. The minimum atomic E-state index is 0.528. The van der Waals surface area contributed by atoms with Gasteiger partial charge in [-0.05, 0) is 58.2 Å². The van der Waals surface area contributed by atoms with Crippen molar-refractivity contribution in [3.8, 4) is 0 Å². The number of allylic oxidation sites excluding steroid dienone is 3. The molecule has 0 aromatic rings. The van der Waals surface area contributed by atoms with Crippen LogP contribution in [0.5, 0.6) is 0 Å². The van der Waals surface area contributed by atoms with Crippen molar-refractivity contribution in [3.63, 3.8) is 0 Å². The van der Waals surface area contributed by atoms with Gasteiger partial charge < -0.3 is 10.6 Å². The number of nitrogens with one attached hydrogen (secondary N) is 2. The lowest BCUT2D eigenvalue weighted by Crippen LogP contribution is -2.36. The minimum Gasteiger partial charge on any atom is -0.319 e. The van der Waals surface area contributed by atoms with Gasteiger partial charge in [-0.2, -0.15) is 0 Å². The predicted octanol–water partition coefficient (Wildman–Crippen LogP) is 2.90. The Morgan fingerprint density at radius 2 is 2.32 bits per heavy atom. The van der Waals surface area contributed by atoms with Crippen LogP contribution >= 0.6 is 0 Å². The van der Waals surface area contributed by atoms with Crippen molar-refractivity contribution in [1.29, 1.82) is 0 Å². The van der Waals surface area contributed by atoms with Gasteiger partial charge >= 0.3 is 0 Å². The van der Waals surface area contributed by atoms with Crippen molar-refractivity contribution in [1.82, 2.24) is 10.6 Å². The van der Waals surface area contributed by atoms with E-state index in [1.54, 1.807) is 5.57 Å². The Kier molecular flexibility index (Phi) is 5.41. The second kappa shape index (κ2) is 7.06. The molecule has 1 aliphatic carbocycles. The summed E-state index contributed by atoms with van der Waals surface area (Å²) in [6, 6.07) is 0. The standard InChI is InChI=1S/C17H28N2/c1-4-5-7-16-15-8-6-9-19-11-14(15)10-13(2)17(16)12-18-3/h4-5,7,14-15,17-19H,2,6,8-12H2,1,3H3/b5-4-,16-7-. The number of fused-ring (bicyclic) bond motifs is 1. The number of hydrogen-bond donors (Lipinski definition) is 2. The number of rotatable bonds is 3. The highest BCUT2D eigenvalue weighted by Crippen LogP contribution is 2.43. The van der Waals surface area contributed by atoms with Gasteiger partial charge in [-0.15, -0.1) is 0 Å². The Balaban J connectivity index is 2.28. The zero-order valence-electron chi connectivity index (χ0n) is 12.4. The first-order valence-corrected chi connectivity index (χ1v) is 7.63. The summed E-state index contributed by atoms with van der Waals surface area (Å²) in [6.45, 7) is 9.81. The lowest BCUT2D eigenvalue weighted by atomic mass is 9.67. The maximum atomic E-state index is 4.36. The summed E-state index contributed by atoms with van der Waals surface area (Å²) in [5.74, 6) is 2.02. The quantitative estimate of drug-likeness (QED) is 0.763. The molecular weight excluding hydrogens is 232 g/mol. The highest BCUT2D eigenvalue weighted by molar-refractivity contribution is 5.31. The summed E-state index contributed by atoms with van der Waals surface area (Å²) in [6.07, 6.45) is 10.5. The summed E-state index contributed by atoms with van der Waals surface area (Å²) in [4.78, 5) is 0. The summed E-state index contributed by atoms with van der Waals surface area (Å²) in [5.41, 5.74) is 3.02. The lowest BCUT2D eigenvalue weighted by molar-refractivity contribution is 0.305. The molecule has 19 heavy (non-hydrogen) atoms. The van der Waals surface area contributed by atoms with Gasteiger partial charge in [0.15, 0.2) is 0 Å². The molecule has 2 fully saturated rings. The molecule has 0 spiro atoms. The van der Waals surface area contributed by atoms with Crippen LogP contribution in [0, 0.1) is 17.8 Å². The molecule has 3 atom stereocenters. The summed E-state index contributed by atoms with van der Waals surface area (Å²) in [5, 5.41) is 6.93. The van der Waals surface area contributed by atoms with Crippen LogP contribution in [0.1, 0.15) is 26.2 Å². The Morgan fingerprint density at radius 3 is 3.05 bits per heavy atom. The summed E-state index contributed by atoms with van der Waals surface area (Å²) < 4.78 is 0. The predicted molar refractivity (Wildman–Crippen MR) is 83.2 cm³/mol. The van der Waals surface area contributed by atoms with Crippen LogP contribution in [-0.4, -0.2) is 26.7 Å². The molecule has 0 aromatic carbocycles. The average Bonchev–Trinajstić information content (AvgIpc) is 2.64. The van der Waals surface area contributed by atoms with Crippen LogP contribution in [0.3, 0.4) is 0 Å². The molecule has 2 heteroatoms. The first-order valence-electron chi connectivity index (χ1n) is 7.63. The Bertz CT molecular complexity index is 367.